The number of hydrogen-bond donors (Lipinski definition) is 1. The molecule has 1 amide bonds. The number of morpholine rings is 1. The zero-order valence-electron chi connectivity index (χ0n) is 18.6. The summed E-state index contributed by atoms with van der Waals surface area (Å²) in [6, 6.07) is 9.94. The van der Waals surface area contributed by atoms with Crippen LogP contribution in [-0.4, -0.2) is 73.1 Å². The summed E-state index contributed by atoms with van der Waals surface area (Å²) in [6.07, 6.45) is 5.08. The SMILES string of the molecule is COc1ccc(C2C(C(=O)/C=C/c3ccco3)=C(O)C(=O)N2CCCN2CCOCC2)cc1. The number of amides is 1. The molecule has 0 radical (unpaired) electrons. The van der Waals surface area contributed by atoms with Crippen molar-refractivity contribution in [1.82, 2.24) is 9.80 Å². The lowest BCUT2D eigenvalue weighted by Gasteiger charge is -2.30. The van der Waals surface area contributed by atoms with Crippen LogP contribution in [0.25, 0.3) is 6.08 Å². The van der Waals surface area contributed by atoms with Gasteiger partial charge in [0.25, 0.3) is 5.91 Å². The van der Waals surface area contributed by atoms with Crippen LogP contribution in [0.4, 0.5) is 0 Å². The first-order valence-electron chi connectivity index (χ1n) is 11.0. The molecule has 33 heavy (non-hydrogen) atoms. The van der Waals surface area contributed by atoms with Crippen molar-refractivity contribution in [3.05, 3.63) is 71.4 Å². The molecule has 1 N–H and O–H groups in total. The number of furan rings is 1. The van der Waals surface area contributed by atoms with Gasteiger partial charge in [-0.2, -0.15) is 0 Å². The van der Waals surface area contributed by atoms with E-state index in [1.807, 2.05) is 12.1 Å². The first-order valence-corrected chi connectivity index (χ1v) is 11.0. The van der Waals surface area contributed by atoms with Crippen molar-refractivity contribution in [3.63, 3.8) is 0 Å². The van der Waals surface area contributed by atoms with Crippen molar-refractivity contribution in [2.45, 2.75) is 12.5 Å². The Bertz CT molecular complexity index is 1020. The number of rotatable bonds is 9. The molecule has 1 fully saturated rings. The molecular formula is C25H28N2O6. The first-order chi connectivity index (χ1) is 16.1. The maximum atomic E-state index is 13.1. The molecule has 0 saturated carbocycles. The lowest BCUT2D eigenvalue weighted by atomic mass is 9.95. The number of aliphatic hydroxyl groups excluding tert-OH is 1. The molecule has 8 heteroatoms. The van der Waals surface area contributed by atoms with Gasteiger partial charge in [-0.1, -0.05) is 12.1 Å². The van der Waals surface area contributed by atoms with Crippen molar-refractivity contribution in [1.29, 1.82) is 0 Å². The van der Waals surface area contributed by atoms with Crippen molar-refractivity contribution in [2.24, 2.45) is 0 Å². The van der Waals surface area contributed by atoms with Crippen LogP contribution in [0.1, 0.15) is 23.8 Å². The zero-order chi connectivity index (χ0) is 23.2. The number of ether oxygens (including phenoxy) is 2. The summed E-state index contributed by atoms with van der Waals surface area (Å²) in [5.74, 6) is -0.297. The quantitative estimate of drug-likeness (QED) is 0.585. The van der Waals surface area contributed by atoms with Crippen LogP contribution in [0.15, 0.2) is 64.5 Å². The number of aliphatic hydroxyl groups is 1. The van der Waals surface area contributed by atoms with Crippen molar-refractivity contribution in [2.75, 3.05) is 46.5 Å². The second-order valence-electron chi connectivity index (χ2n) is 7.96. The van der Waals surface area contributed by atoms with Gasteiger partial charge in [-0.25, -0.2) is 0 Å². The highest BCUT2D eigenvalue weighted by molar-refractivity contribution is 6.14. The van der Waals surface area contributed by atoms with E-state index in [-0.39, 0.29) is 5.57 Å². The van der Waals surface area contributed by atoms with Gasteiger partial charge in [-0.3, -0.25) is 14.5 Å². The molecule has 1 saturated heterocycles. The fourth-order valence-electron chi connectivity index (χ4n) is 4.19. The zero-order valence-corrected chi connectivity index (χ0v) is 18.6. The van der Waals surface area contributed by atoms with Crippen LogP contribution < -0.4 is 4.74 Å². The van der Waals surface area contributed by atoms with Gasteiger partial charge >= 0.3 is 0 Å². The number of carbonyl (C=O) groups is 2. The van der Waals surface area contributed by atoms with Crippen LogP contribution in [-0.2, 0) is 14.3 Å². The molecule has 2 aliphatic heterocycles. The molecule has 0 bridgehead atoms. The van der Waals surface area contributed by atoms with Crippen molar-refractivity contribution >= 4 is 17.8 Å². The van der Waals surface area contributed by atoms with Crippen LogP contribution in [0.3, 0.4) is 0 Å². The van der Waals surface area contributed by atoms with Crippen molar-refractivity contribution in [3.8, 4) is 5.75 Å². The molecule has 8 nitrogen and oxygen atoms in total. The normalized spacial score (nSPS) is 19.6. The minimum Gasteiger partial charge on any atom is -0.503 e. The highest BCUT2D eigenvalue weighted by atomic mass is 16.5. The van der Waals surface area contributed by atoms with Gasteiger partial charge in [0, 0.05) is 26.2 Å². The lowest BCUT2D eigenvalue weighted by molar-refractivity contribution is -0.129. The Morgan fingerprint density at radius 1 is 1.18 bits per heavy atom. The van der Waals surface area contributed by atoms with Crippen LogP contribution >= 0.6 is 0 Å². The Labute approximate surface area is 192 Å². The molecule has 4 rings (SSSR count). The molecule has 0 aliphatic carbocycles. The Kier molecular flexibility index (Phi) is 7.26. The van der Waals surface area contributed by atoms with E-state index in [0.717, 1.165) is 31.6 Å². The number of benzene rings is 1. The van der Waals surface area contributed by atoms with Crippen LogP contribution in [0, 0.1) is 0 Å². The first kappa shape index (κ1) is 22.8. The predicted octanol–water partition coefficient (Wildman–Crippen LogP) is 2.99. The van der Waals surface area contributed by atoms with Crippen molar-refractivity contribution < 1.29 is 28.6 Å². The fraction of sp³-hybridized carbons (Fsp3) is 0.360. The van der Waals surface area contributed by atoms with Gasteiger partial charge in [0.05, 0.1) is 38.2 Å². The topological polar surface area (TPSA) is 92.5 Å². The molecule has 174 valence electrons. The number of methoxy groups -OCH3 is 1. The summed E-state index contributed by atoms with van der Waals surface area (Å²) >= 11 is 0. The van der Waals surface area contributed by atoms with E-state index in [9.17, 15) is 14.7 Å². The molecule has 1 aromatic heterocycles. The molecule has 1 atom stereocenters. The van der Waals surface area contributed by atoms with Gasteiger partial charge < -0.3 is 23.9 Å². The third-order valence-electron chi connectivity index (χ3n) is 5.92. The van der Waals surface area contributed by atoms with Gasteiger partial charge in [-0.15, -0.1) is 0 Å². The summed E-state index contributed by atoms with van der Waals surface area (Å²) in [6.45, 7) is 4.36. The third-order valence-corrected chi connectivity index (χ3v) is 5.92. The van der Waals surface area contributed by atoms with Gasteiger partial charge in [0.2, 0.25) is 0 Å². The summed E-state index contributed by atoms with van der Waals surface area (Å²) in [4.78, 5) is 30.0. The van der Waals surface area contributed by atoms with Gasteiger partial charge in [0.1, 0.15) is 11.5 Å². The van der Waals surface area contributed by atoms with Crippen LogP contribution in [0.5, 0.6) is 5.75 Å². The number of ketones is 1. The average Bonchev–Trinajstić information content (AvgIpc) is 3.46. The Hall–Kier alpha value is -3.36. The van der Waals surface area contributed by atoms with Crippen LogP contribution in [0.2, 0.25) is 0 Å². The number of carbonyl (C=O) groups excluding carboxylic acids is 2. The Morgan fingerprint density at radius 2 is 1.94 bits per heavy atom. The Balaban J connectivity index is 1.57. The summed E-state index contributed by atoms with van der Waals surface area (Å²) < 4.78 is 15.9. The highest BCUT2D eigenvalue weighted by Gasteiger charge is 2.42. The molecule has 3 heterocycles. The second-order valence-corrected chi connectivity index (χ2v) is 7.96. The van der Waals surface area contributed by atoms with E-state index in [1.165, 1.54) is 18.4 Å². The molecule has 2 aromatic rings. The van der Waals surface area contributed by atoms with Gasteiger partial charge in [0.15, 0.2) is 11.5 Å². The number of allylic oxidation sites excluding steroid dienone is 1. The predicted molar refractivity (Wildman–Crippen MR) is 122 cm³/mol. The van der Waals surface area contributed by atoms with E-state index in [1.54, 1.807) is 36.3 Å². The third kappa shape index (κ3) is 5.18. The fourth-order valence-corrected chi connectivity index (χ4v) is 4.19. The minimum atomic E-state index is -0.679. The van der Waals surface area contributed by atoms with E-state index in [0.29, 0.717) is 31.3 Å². The molecular weight excluding hydrogens is 424 g/mol. The van der Waals surface area contributed by atoms with E-state index in [2.05, 4.69) is 4.90 Å². The number of hydrogen-bond acceptors (Lipinski definition) is 7. The second kappa shape index (κ2) is 10.5. The summed E-state index contributed by atoms with van der Waals surface area (Å²) in [7, 11) is 1.58. The smallest absolute Gasteiger partial charge is 0.290 e. The van der Waals surface area contributed by atoms with E-state index in [4.69, 9.17) is 13.9 Å². The highest BCUT2D eigenvalue weighted by Crippen LogP contribution is 2.38. The monoisotopic (exact) mass is 452 g/mol. The molecule has 2 aliphatic rings. The van der Waals surface area contributed by atoms with E-state index < -0.39 is 23.5 Å². The standard InChI is InChI=1S/C25H28N2O6/c1-31-19-7-5-18(6-8-19)23-22(21(28)10-9-20-4-2-15-33-20)24(29)25(30)27(23)12-3-11-26-13-16-32-17-14-26/h2,4-10,15,23,29H,3,11-14,16-17H2,1H3/b10-9+. The largest absolute Gasteiger partial charge is 0.503 e. The van der Waals surface area contributed by atoms with E-state index >= 15 is 0 Å². The van der Waals surface area contributed by atoms with Gasteiger partial charge in [-0.05, 0) is 48.4 Å². The maximum absolute atomic E-state index is 13.1. The average molecular weight is 453 g/mol. The summed E-state index contributed by atoms with van der Waals surface area (Å²) in [5, 5.41) is 10.7. The lowest BCUT2D eigenvalue weighted by Crippen LogP contribution is -2.39. The molecule has 1 aromatic carbocycles. The summed E-state index contributed by atoms with van der Waals surface area (Å²) in [5.41, 5.74) is 0.800. The Morgan fingerprint density at radius 3 is 2.61 bits per heavy atom. The molecule has 1 unspecified atom stereocenters. The number of nitrogens with zero attached hydrogens (tertiary/aromatic N) is 2. The maximum Gasteiger partial charge on any atom is 0.290 e. The molecule has 0 spiro atoms. The minimum absolute atomic E-state index is 0.0688.